The van der Waals surface area contributed by atoms with Gasteiger partial charge in [0.2, 0.25) is 0 Å². The summed E-state index contributed by atoms with van der Waals surface area (Å²) in [7, 11) is 0. The van der Waals surface area contributed by atoms with E-state index in [1.54, 1.807) is 5.38 Å². The summed E-state index contributed by atoms with van der Waals surface area (Å²) in [6.07, 6.45) is 2.57. The normalized spacial score (nSPS) is 16.6. The van der Waals surface area contributed by atoms with Crippen LogP contribution < -0.4 is 11.1 Å². The summed E-state index contributed by atoms with van der Waals surface area (Å²) >= 11 is 1.41. The van der Waals surface area contributed by atoms with E-state index in [4.69, 9.17) is 10.5 Å². The Morgan fingerprint density at radius 2 is 2.50 bits per heavy atom. The second-order valence-corrected chi connectivity index (χ2v) is 5.52. The number of hydrogen-bond acceptors (Lipinski definition) is 5. The molecule has 100 valence electrons. The zero-order valence-corrected chi connectivity index (χ0v) is 11.3. The average molecular weight is 269 g/mol. The van der Waals surface area contributed by atoms with Gasteiger partial charge in [0, 0.05) is 18.5 Å². The van der Waals surface area contributed by atoms with Crippen molar-refractivity contribution in [3.05, 3.63) is 16.1 Å². The zero-order chi connectivity index (χ0) is 13.0. The fourth-order valence-electron chi connectivity index (χ4n) is 1.46. The monoisotopic (exact) mass is 269 g/mol. The first-order chi connectivity index (χ1) is 8.66. The van der Waals surface area contributed by atoms with Crippen molar-refractivity contribution in [1.29, 1.82) is 0 Å². The molecule has 0 aliphatic heterocycles. The number of amides is 1. The molecule has 1 aromatic rings. The van der Waals surface area contributed by atoms with Gasteiger partial charge in [0.25, 0.3) is 5.91 Å². The van der Waals surface area contributed by atoms with Crippen LogP contribution in [0.3, 0.4) is 0 Å². The molecule has 0 bridgehead atoms. The van der Waals surface area contributed by atoms with Crippen molar-refractivity contribution in [2.24, 2.45) is 11.7 Å². The molecule has 5 nitrogen and oxygen atoms in total. The van der Waals surface area contributed by atoms with Gasteiger partial charge in [-0.2, -0.15) is 0 Å². The van der Waals surface area contributed by atoms with Gasteiger partial charge in [-0.05, 0) is 25.7 Å². The lowest BCUT2D eigenvalue weighted by Crippen LogP contribution is -2.27. The zero-order valence-electron chi connectivity index (χ0n) is 10.5. The van der Waals surface area contributed by atoms with Crippen LogP contribution >= 0.6 is 11.3 Å². The number of aromatic nitrogens is 1. The predicted octanol–water partition coefficient (Wildman–Crippen LogP) is 1.32. The molecule has 1 heterocycles. The third kappa shape index (κ3) is 4.04. The molecule has 0 spiro atoms. The SMILES string of the molecule is CC(N)c1nc(C(=O)NCCOCC2CC2)cs1. The van der Waals surface area contributed by atoms with Crippen molar-refractivity contribution in [2.45, 2.75) is 25.8 Å². The van der Waals surface area contributed by atoms with Gasteiger partial charge in [-0.3, -0.25) is 4.79 Å². The summed E-state index contributed by atoms with van der Waals surface area (Å²) in [5, 5.41) is 5.30. The minimum absolute atomic E-state index is 0.126. The molecule has 2 rings (SSSR count). The van der Waals surface area contributed by atoms with E-state index in [1.165, 1.54) is 24.2 Å². The number of ether oxygens (including phenoxy) is 1. The van der Waals surface area contributed by atoms with Crippen molar-refractivity contribution in [1.82, 2.24) is 10.3 Å². The molecule has 6 heteroatoms. The van der Waals surface area contributed by atoms with Crippen LogP contribution in [-0.4, -0.2) is 30.6 Å². The molecule has 1 aromatic heterocycles. The highest BCUT2D eigenvalue weighted by Crippen LogP contribution is 2.28. The van der Waals surface area contributed by atoms with Crippen LogP contribution in [0.5, 0.6) is 0 Å². The Morgan fingerprint density at radius 1 is 1.72 bits per heavy atom. The smallest absolute Gasteiger partial charge is 0.270 e. The van der Waals surface area contributed by atoms with Crippen LogP contribution in [0, 0.1) is 5.92 Å². The van der Waals surface area contributed by atoms with Gasteiger partial charge < -0.3 is 15.8 Å². The molecule has 1 aliphatic carbocycles. The molecule has 1 fully saturated rings. The van der Waals surface area contributed by atoms with E-state index in [0.29, 0.717) is 18.8 Å². The van der Waals surface area contributed by atoms with Crippen LogP contribution in [0.4, 0.5) is 0 Å². The standard InChI is InChI=1S/C12H19N3O2S/c1-8(13)12-15-10(7-18-12)11(16)14-4-5-17-6-9-2-3-9/h7-9H,2-6,13H2,1H3,(H,14,16). The molecule has 1 amide bonds. The Hall–Kier alpha value is -0.980. The molecule has 0 saturated heterocycles. The number of carbonyl (C=O) groups excluding carboxylic acids is 1. The van der Waals surface area contributed by atoms with E-state index in [9.17, 15) is 4.79 Å². The molecule has 1 atom stereocenters. The highest BCUT2D eigenvalue weighted by molar-refractivity contribution is 7.09. The Balaban J connectivity index is 1.66. The highest BCUT2D eigenvalue weighted by Gasteiger charge is 2.21. The number of thiazole rings is 1. The van der Waals surface area contributed by atoms with E-state index in [-0.39, 0.29) is 11.9 Å². The maximum atomic E-state index is 11.7. The molecule has 18 heavy (non-hydrogen) atoms. The first kappa shape index (κ1) is 13.5. The van der Waals surface area contributed by atoms with Crippen molar-refractivity contribution in [3.8, 4) is 0 Å². The lowest BCUT2D eigenvalue weighted by Gasteiger charge is -2.04. The minimum Gasteiger partial charge on any atom is -0.379 e. The Kier molecular flexibility index (Phi) is 4.68. The van der Waals surface area contributed by atoms with E-state index < -0.39 is 0 Å². The van der Waals surface area contributed by atoms with Crippen molar-refractivity contribution in [3.63, 3.8) is 0 Å². The number of nitrogens with two attached hydrogens (primary N) is 1. The second kappa shape index (κ2) is 6.26. The number of rotatable bonds is 7. The fraction of sp³-hybridized carbons (Fsp3) is 0.667. The van der Waals surface area contributed by atoms with E-state index in [0.717, 1.165) is 17.5 Å². The van der Waals surface area contributed by atoms with Gasteiger partial charge >= 0.3 is 0 Å². The second-order valence-electron chi connectivity index (χ2n) is 4.63. The summed E-state index contributed by atoms with van der Waals surface area (Å²) in [6.45, 7) is 3.76. The average Bonchev–Trinajstić information content (AvgIpc) is 3.02. The van der Waals surface area contributed by atoms with E-state index in [1.807, 2.05) is 6.92 Å². The van der Waals surface area contributed by atoms with Gasteiger partial charge in [0.15, 0.2) is 0 Å². The third-order valence-corrected chi connectivity index (χ3v) is 3.77. The third-order valence-electron chi connectivity index (χ3n) is 2.73. The maximum Gasteiger partial charge on any atom is 0.270 e. The summed E-state index contributed by atoms with van der Waals surface area (Å²) in [5.74, 6) is 0.598. The van der Waals surface area contributed by atoms with Crippen LogP contribution in [-0.2, 0) is 4.74 Å². The molecule has 1 unspecified atom stereocenters. The van der Waals surface area contributed by atoms with E-state index >= 15 is 0 Å². The molecular formula is C12H19N3O2S. The van der Waals surface area contributed by atoms with Crippen molar-refractivity contribution in [2.75, 3.05) is 19.8 Å². The van der Waals surface area contributed by atoms with Gasteiger partial charge in [-0.15, -0.1) is 11.3 Å². The first-order valence-electron chi connectivity index (χ1n) is 6.23. The topological polar surface area (TPSA) is 77.2 Å². The Labute approximate surface area is 111 Å². The number of nitrogens with one attached hydrogen (secondary N) is 1. The summed E-state index contributed by atoms with van der Waals surface area (Å²) < 4.78 is 5.43. The molecule has 0 radical (unpaired) electrons. The summed E-state index contributed by atoms with van der Waals surface area (Å²) in [6, 6.07) is -0.126. The number of carbonyl (C=O) groups is 1. The van der Waals surface area contributed by atoms with Crippen molar-refractivity contribution >= 4 is 17.2 Å². The van der Waals surface area contributed by atoms with Crippen LogP contribution in [0.2, 0.25) is 0 Å². The largest absolute Gasteiger partial charge is 0.379 e. The maximum absolute atomic E-state index is 11.7. The molecule has 1 saturated carbocycles. The quantitative estimate of drug-likeness (QED) is 0.732. The van der Waals surface area contributed by atoms with Crippen LogP contribution in [0.15, 0.2) is 5.38 Å². The lowest BCUT2D eigenvalue weighted by atomic mass is 10.4. The van der Waals surface area contributed by atoms with E-state index in [2.05, 4.69) is 10.3 Å². The Bertz CT molecular complexity index is 402. The minimum atomic E-state index is -0.159. The molecule has 0 aromatic carbocycles. The predicted molar refractivity (Wildman–Crippen MR) is 70.6 cm³/mol. The molecule has 1 aliphatic rings. The van der Waals surface area contributed by atoms with Crippen molar-refractivity contribution < 1.29 is 9.53 Å². The number of hydrogen-bond donors (Lipinski definition) is 2. The van der Waals surface area contributed by atoms with Gasteiger partial charge in [-0.25, -0.2) is 4.98 Å². The van der Waals surface area contributed by atoms with Gasteiger partial charge in [0.1, 0.15) is 10.7 Å². The summed E-state index contributed by atoms with van der Waals surface area (Å²) in [4.78, 5) is 15.9. The van der Waals surface area contributed by atoms with Gasteiger partial charge in [0.05, 0.1) is 12.6 Å². The first-order valence-corrected chi connectivity index (χ1v) is 7.11. The van der Waals surface area contributed by atoms with Crippen LogP contribution in [0.1, 0.15) is 41.3 Å². The fourth-order valence-corrected chi connectivity index (χ4v) is 2.22. The molecular weight excluding hydrogens is 250 g/mol. The highest BCUT2D eigenvalue weighted by atomic mass is 32.1. The van der Waals surface area contributed by atoms with Crippen LogP contribution in [0.25, 0.3) is 0 Å². The summed E-state index contributed by atoms with van der Waals surface area (Å²) in [5.41, 5.74) is 6.14. The molecule has 3 N–H and O–H groups in total. The van der Waals surface area contributed by atoms with Gasteiger partial charge in [-0.1, -0.05) is 0 Å². The lowest BCUT2D eigenvalue weighted by molar-refractivity contribution is 0.0902. The number of nitrogens with zero attached hydrogens (tertiary/aromatic N) is 1. The Morgan fingerprint density at radius 3 is 3.11 bits per heavy atom.